The molecule has 0 bridgehead atoms. The lowest BCUT2D eigenvalue weighted by molar-refractivity contribution is -0.119. The van der Waals surface area contributed by atoms with Crippen molar-refractivity contribution < 1.29 is 14.3 Å². The highest BCUT2D eigenvalue weighted by Crippen LogP contribution is 2.22. The van der Waals surface area contributed by atoms with Gasteiger partial charge in [0.05, 0.1) is 0 Å². The summed E-state index contributed by atoms with van der Waals surface area (Å²) in [4.78, 5) is 22.5. The number of rotatable bonds is 6. The molecule has 0 aliphatic heterocycles. The van der Waals surface area contributed by atoms with Crippen LogP contribution in [-0.4, -0.2) is 25.1 Å². The number of benzene rings is 1. The quantitative estimate of drug-likeness (QED) is 0.752. The van der Waals surface area contributed by atoms with Crippen molar-refractivity contribution in [3.05, 3.63) is 24.3 Å². The van der Waals surface area contributed by atoms with Crippen molar-refractivity contribution in [1.82, 2.24) is 5.32 Å². The van der Waals surface area contributed by atoms with Gasteiger partial charge in [0.1, 0.15) is 5.75 Å². The fraction of sp³-hybridized carbons (Fsp3) is 0.500. The molecule has 0 radical (unpaired) electrons. The summed E-state index contributed by atoms with van der Waals surface area (Å²) in [6.07, 6.45) is 6.24. The molecule has 0 saturated heterocycles. The first-order chi connectivity index (χ1) is 10.6. The zero-order valence-corrected chi connectivity index (χ0v) is 12.6. The Morgan fingerprint density at radius 3 is 2.45 bits per heavy atom. The van der Waals surface area contributed by atoms with Crippen LogP contribution in [-0.2, 0) is 4.79 Å². The average molecular weight is 305 g/mol. The van der Waals surface area contributed by atoms with Crippen molar-refractivity contribution in [3.63, 3.8) is 0 Å². The van der Waals surface area contributed by atoms with E-state index < -0.39 is 5.91 Å². The van der Waals surface area contributed by atoms with Gasteiger partial charge in [-0.15, -0.1) is 0 Å². The summed E-state index contributed by atoms with van der Waals surface area (Å²) in [5.74, 6) is 0.611. The van der Waals surface area contributed by atoms with Gasteiger partial charge in [-0.1, -0.05) is 19.3 Å². The van der Waals surface area contributed by atoms with E-state index in [1.165, 1.54) is 32.1 Å². The number of carbonyl (C=O) groups is 2. The second-order valence-corrected chi connectivity index (χ2v) is 5.62. The molecule has 0 unspecified atom stereocenters. The smallest absolute Gasteiger partial charge is 0.319 e. The third kappa shape index (κ3) is 5.63. The number of nitrogens with one attached hydrogen (secondary N) is 2. The zero-order valence-electron chi connectivity index (χ0n) is 12.6. The Bertz CT molecular complexity index is 496. The fourth-order valence-corrected chi connectivity index (χ4v) is 2.59. The Balaban J connectivity index is 1.72. The van der Waals surface area contributed by atoms with Gasteiger partial charge in [-0.2, -0.15) is 0 Å². The molecule has 22 heavy (non-hydrogen) atoms. The third-order valence-corrected chi connectivity index (χ3v) is 3.77. The molecule has 4 N–H and O–H groups in total. The van der Waals surface area contributed by atoms with Crippen LogP contribution >= 0.6 is 0 Å². The molecule has 2 rings (SSSR count). The van der Waals surface area contributed by atoms with Crippen molar-refractivity contribution >= 4 is 17.6 Å². The first kappa shape index (κ1) is 16.1. The minimum Gasteiger partial charge on any atom is -0.484 e. The van der Waals surface area contributed by atoms with Crippen LogP contribution in [0.4, 0.5) is 10.5 Å². The minimum absolute atomic E-state index is 0.158. The molecule has 3 amide bonds. The van der Waals surface area contributed by atoms with Crippen LogP contribution in [0.2, 0.25) is 0 Å². The minimum atomic E-state index is -0.524. The number of hydrogen-bond acceptors (Lipinski definition) is 3. The lowest BCUT2D eigenvalue weighted by atomic mass is 9.89. The lowest BCUT2D eigenvalue weighted by Gasteiger charge is -2.21. The van der Waals surface area contributed by atoms with E-state index in [1.807, 2.05) is 0 Å². The number of urea groups is 1. The molecule has 1 aromatic carbocycles. The summed E-state index contributed by atoms with van der Waals surface area (Å²) in [7, 11) is 0. The van der Waals surface area contributed by atoms with Crippen LogP contribution in [0.15, 0.2) is 24.3 Å². The first-order valence-corrected chi connectivity index (χ1v) is 7.69. The number of amides is 3. The summed E-state index contributed by atoms with van der Waals surface area (Å²) in [5, 5.41) is 5.69. The van der Waals surface area contributed by atoms with E-state index in [4.69, 9.17) is 10.5 Å². The molecule has 120 valence electrons. The Morgan fingerprint density at radius 2 is 1.82 bits per heavy atom. The predicted octanol–water partition coefficient (Wildman–Crippen LogP) is 2.25. The number of nitrogens with two attached hydrogens (primary N) is 1. The Labute approximate surface area is 130 Å². The highest BCUT2D eigenvalue weighted by atomic mass is 16.5. The van der Waals surface area contributed by atoms with Crippen LogP contribution < -0.4 is 21.1 Å². The largest absolute Gasteiger partial charge is 0.484 e. The molecule has 1 aliphatic rings. The van der Waals surface area contributed by atoms with Gasteiger partial charge in [0.25, 0.3) is 5.91 Å². The van der Waals surface area contributed by atoms with E-state index in [9.17, 15) is 9.59 Å². The van der Waals surface area contributed by atoms with Gasteiger partial charge < -0.3 is 21.1 Å². The summed E-state index contributed by atoms with van der Waals surface area (Å²) in [5.41, 5.74) is 5.68. The predicted molar refractivity (Wildman–Crippen MR) is 84.7 cm³/mol. The van der Waals surface area contributed by atoms with Gasteiger partial charge in [-0.3, -0.25) is 4.79 Å². The summed E-state index contributed by atoms with van der Waals surface area (Å²) in [6, 6.07) is 6.60. The summed E-state index contributed by atoms with van der Waals surface area (Å²) >= 11 is 0. The van der Waals surface area contributed by atoms with Crippen molar-refractivity contribution in [1.29, 1.82) is 0 Å². The molecule has 6 heteroatoms. The lowest BCUT2D eigenvalue weighted by Crippen LogP contribution is -2.33. The second-order valence-electron chi connectivity index (χ2n) is 5.62. The molecule has 1 fully saturated rings. The molecule has 6 nitrogen and oxygen atoms in total. The highest BCUT2D eigenvalue weighted by Gasteiger charge is 2.14. The van der Waals surface area contributed by atoms with E-state index >= 15 is 0 Å². The standard InChI is InChI=1S/C16H23N3O3/c17-15(20)11-22-14-8-6-13(7-9-14)19-16(21)18-10-12-4-2-1-3-5-12/h6-9,12H,1-5,10-11H2,(H2,17,20)(H2,18,19,21). The Hall–Kier alpha value is -2.24. The maximum absolute atomic E-state index is 11.8. The molecule has 1 aliphatic carbocycles. The molecule has 0 aromatic heterocycles. The molecular formula is C16H23N3O3. The number of primary amides is 1. The maximum Gasteiger partial charge on any atom is 0.319 e. The second kappa shape index (κ2) is 8.26. The first-order valence-electron chi connectivity index (χ1n) is 7.69. The van der Waals surface area contributed by atoms with Gasteiger partial charge >= 0.3 is 6.03 Å². The van der Waals surface area contributed by atoms with E-state index in [0.717, 1.165) is 6.54 Å². The van der Waals surface area contributed by atoms with E-state index in [2.05, 4.69) is 10.6 Å². The van der Waals surface area contributed by atoms with Crippen molar-refractivity contribution in [2.75, 3.05) is 18.5 Å². The number of ether oxygens (including phenoxy) is 1. The van der Waals surface area contributed by atoms with Gasteiger partial charge in [-0.05, 0) is 43.0 Å². The van der Waals surface area contributed by atoms with Crippen LogP contribution in [0, 0.1) is 5.92 Å². The Kier molecular flexibility index (Phi) is 6.06. The number of hydrogen-bond donors (Lipinski definition) is 3. The van der Waals surface area contributed by atoms with Crippen LogP contribution in [0.25, 0.3) is 0 Å². The van der Waals surface area contributed by atoms with Crippen molar-refractivity contribution in [2.24, 2.45) is 11.7 Å². The van der Waals surface area contributed by atoms with E-state index in [-0.39, 0.29) is 12.6 Å². The normalized spacial score (nSPS) is 15.1. The monoisotopic (exact) mass is 305 g/mol. The molecule has 0 atom stereocenters. The average Bonchev–Trinajstić information content (AvgIpc) is 2.53. The molecule has 1 aromatic rings. The van der Waals surface area contributed by atoms with Crippen molar-refractivity contribution in [3.8, 4) is 5.75 Å². The van der Waals surface area contributed by atoms with Gasteiger partial charge in [0.2, 0.25) is 0 Å². The summed E-state index contributed by atoms with van der Waals surface area (Å²) in [6.45, 7) is 0.570. The van der Waals surface area contributed by atoms with Crippen molar-refractivity contribution in [2.45, 2.75) is 32.1 Å². The molecular weight excluding hydrogens is 282 g/mol. The third-order valence-electron chi connectivity index (χ3n) is 3.77. The molecule has 0 heterocycles. The summed E-state index contributed by atoms with van der Waals surface area (Å²) < 4.78 is 5.15. The highest BCUT2D eigenvalue weighted by molar-refractivity contribution is 5.89. The van der Waals surface area contributed by atoms with Gasteiger partial charge in [0, 0.05) is 12.2 Å². The van der Waals surface area contributed by atoms with E-state index in [0.29, 0.717) is 17.4 Å². The van der Waals surface area contributed by atoms with Crippen LogP contribution in [0.5, 0.6) is 5.75 Å². The SMILES string of the molecule is NC(=O)COc1ccc(NC(=O)NCC2CCCCC2)cc1. The van der Waals surface area contributed by atoms with E-state index in [1.54, 1.807) is 24.3 Å². The van der Waals surface area contributed by atoms with Gasteiger partial charge in [0.15, 0.2) is 6.61 Å². The molecule has 1 saturated carbocycles. The number of carbonyl (C=O) groups excluding carboxylic acids is 2. The zero-order chi connectivity index (χ0) is 15.8. The van der Waals surface area contributed by atoms with Crippen LogP contribution in [0.3, 0.4) is 0 Å². The maximum atomic E-state index is 11.8. The topological polar surface area (TPSA) is 93.5 Å². The molecule has 0 spiro atoms. The van der Waals surface area contributed by atoms with Crippen LogP contribution in [0.1, 0.15) is 32.1 Å². The number of anilines is 1. The van der Waals surface area contributed by atoms with Gasteiger partial charge in [-0.25, -0.2) is 4.79 Å². The Morgan fingerprint density at radius 1 is 1.14 bits per heavy atom. The fourth-order valence-electron chi connectivity index (χ4n) is 2.59.